The van der Waals surface area contributed by atoms with Gasteiger partial charge in [-0.2, -0.15) is 5.26 Å². The zero-order valence-electron chi connectivity index (χ0n) is 16.7. The number of hydrogen-bond acceptors (Lipinski definition) is 3. The molecule has 0 amide bonds. The molecule has 0 aliphatic carbocycles. The summed E-state index contributed by atoms with van der Waals surface area (Å²) in [6.45, 7) is 2.92. The van der Waals surface area contributed by atoms with Gasteiger partial charge in [0.15, 0.2) is 11.5 Å². The average molecular weight is 442 g/mol. The first-order chi connectivity index (χ1) is 13.7. The van der Waals surface area contributed by atoms with Crippen LogP contribution >= 0.6 is 15.9 Å². The Kier molecular flexibility index (Phi) is 9.65. The van der Waals surface area contributed by atoms with E-state index >= 15 is 0 Å². The fourth-order valence-electron chi connectivity index (χ4n) is 2.93. The van der Waals surface area contributed by atoms with Gasteiger partial charge in [-0.15, -0.1) is 0 Å². The van der Waals surface area contributed by atoms with Crippen LogP contribution in [0.1, 0.15) is 56.6 Å². The first-order valence-electron chi connectivity index (χ1n) is 9.86. The molecule has 0 radical (unpaired) electrons. The number of methoxy groups -OCH3 is 1. The summed E-state index contributed by atoms with van der Waals surface area (Å²) in [5, 5.41) is 9.53. The van der Waals surface area contributed by atoms with Gasteiger partial charge in [-0.3, -0.25) is 0 Å². The van der Waals surface area contributed by atoms with Crippen molar-refractivity contribution in [3.63, 3.8) is 0 Å². The van der Waals surface area contributed by atoms with Gasteiger partial charge in [0.2, 0.25) is 0 Å². The van der Waals surface area contributed by atoms with Gasteiger partial charge < -0.3 is 9.47 Å². The molecule has 0 heterocycles. The van der Waals surface area contributed by atoms with E-state index in [0.29, 0.717) is 17.9 Å². The number of nitrogens with zero attached hydrogens (tertiary/aromatic N) is 1. The number of unbranched alkanes of at least 4 members (excludes halogenated alkanes) is 5. The Morgan fingerprint density at radius 1 is 1.00 bits per heavy atom. The predicted molar refractivity (Wildman–Crippen MR) is 119 cm³/mol. The van der Waals surface area contributed by atoms with Crippen molar-refractivity contribution >= 4 is 27.6 Å². The summed E-state index contributed by atoms with van der Waals surface area (Å²) in [5.41, 5.74) is 2.40. The van der Waals surface area contributed by atoms with Gasteiger partial charge in [-0.1, -0.05) is 73.2 Å². The van der Waals surface area contributed by atoms with Crippen molar-refractivity contribution in [3.8, 4) is 17.6 Å². The summed E-state index contributed by atoms with van der Waals surface area (Å²) < 4.78 is 12.4. The number of benzene rings is 2. The van der Waals surface area contributed by atoms with Crippen LogP contribution in [-0.4, -0.2) is 13.7 Å². The van der Waals surface area contributed by atoms with Crippen molar-refractivity contribution in [3.05, 3.63) is 58.1 Å². The molecule has 2 aromatic rings. The van der Waals surface area contributed by atoms with Crippen LogP contribution < -0.4 is 9.47 Å². The van der Waals surface area contributed by atoms with E-state index in [1.165, 1.54) is 32.1 Å². The lowest BCUT2D eigenvalue weighted by molar-refractivity contribution is 0.284. The maximum Gasteiger partial charge on any atom is 0.161 e. The third kappa shape index (κ3) is 7.05. The molecule has 0 fully saturated rings. The Hall–Kier alpha value is -2.25. The molecule has 0 bridgehead atoms. The summed E-state index contributed by atoms with van der Waals surface area (Å²) in [4.78, 5) is 0. The maximum absolute atomic E-state index is 9.53. The van der Waals surface area contributed by atoms with Crippen molar-refractivity contribution in [2.45, 2.75) is 45.4 Å². The number of allylic oxidation sites excluding steroid dienone is 1. The highest BCUT2D eigenvalue weighted by Gasteiger charge is 2.07. The van der Waals surface area contributed by atoms with E-state index in [9.17, 15) is 5.26 Å². The molecule has 3 nitrogen and oxygen atoms in total. The number of ether oxygens (including phenoxy) is 2. The standard InChI is InChI=1S/C24H28BrNO2/c1-3-4-5-6-7-8-15-28-23-14-9-19(17-24(23)27-2)16-21(18-26)20-10-12-22(25)13-11-20/h9-14,16-17H,3-8,15H2,1-2H3/b21-16+. The molecule has 2 aromatic carbocycles. The largest absolute Gasteiger partial charge is 0.493 e. The van der Waals surface area contributed by atoms with Crippen molar-refractivity contribution in [2.24, 2.45) is 0 Å². The van der Waals surface area contributed by atoms with Crippen LogP contribution in [0.2, 0.25) is 0 Å². The molecule has 0 spiro atoms. The van der Waals surface area contributed by atoms with E-state index in [-0.39, 0.29) is 0 Å². The van der Waals surface area contributed by atoms with Crippen LogP contribution in [0.3, 0.4) is 0 Å². The van der Waals surface area contributed by atoms with Crippen LogP contribution in [0.25, 0.3) is 11.6 Å². The highest BCUT2D eigenvalue weighted by atomic mass is 79.9. The van der Waals surface area contributed by atoms with Crippen molar-refractivity contribution < 1.29 is 9.47 Å². The smallest absolute Gasteiger partial charge is 0.161 e. The molecule has 0 unspecified atom stereocenters. The van der Waals surface area contributed by atoms with E-state index in [4.69, 9.17) is 9.47 Å². The summed E-state index contributed by atoms with van der Waals surface area (Å²) in [5.74, 6) is 1.43. The Morgan fingerprint density at radius 3 is 2.39 bits per heavy atom. The SMILES string of the molecule is CCCCCCCCOc1ccc(/C=C(\C#N)c2ccc(Br)cc2)cc1OC. The van der Waals surface area contributed by atoms with Gasteiger partial charge in [0.25, 0.3) is 0 Å². The molecule has 0 aliphatic rings. The molecule has 0 aromatic heterocycles. The highest BCUT2D eigenvalue weighted by molar-refractivity contribution is 9.10. The lowest BCUT2D eigenvalue weighted by Crippen LogP contribution is -1.99. The molecule has 0 N–H and O–H groups in total. The lowest BCUT2D eigenvalue weighted by Gasteiger charge is -2.11. The molecule has 28 heavy (non-hydrogen) atoms. The first kappa shape index (κ1) is 22.0. The number of halogens is 1. The lowest BCUT2D eigenvalue weighted by atomic mass is 10.0. The Bertz CT molecular complexity index is 806. The van der Waals surface area contributed by atoms with Gasteiger partial charge in [0, 0.05) is 4.47 Å². The number of hydrogen-bond donors (Lipinski definition) is 0. The van der Waals surface area contributed by atoms with Gasteiger partial charge in [0.05, 0.1) is 25.4 Å². The summed E-state index contributed by atoms with van der Waals surface area (Å²) in [6, 6.07) is 15.8. The fraction of sp³-hybridized carbons (Fsp3) is 0.375. The van der Waals surface area contributed by atoms with E-state index < -0.39 is 0 Å². The van der Waals surface area contributed by atoms with Crippen LogP contribution in [0.5, 0.6) is 11.5 Å². The molecule has 0 saturated carbocycles. The number of nitriles is 1. The third-order valence-electron chi connectivity index (χ3n) is 4.53. The fourth-order valence-corrected chi connectivity index (χ4v) is 3.20. The third-order valence-corrected chi connectivity index (χ3v) is 5.06. The second-order valence-corrected chi connectivity index (χ2v) is 7.62. The van der Waals surface area contributed by atoms with Gasteiger partial charge in [-0.05, 0) is 47.9 Å². The first-order valence-corrected chi connectivity index (χ1v) is 10.7. The molecular formula is C24H28BrNO2. The minimum Gasteiger partial charge on any atom is -0.493 e. The van der Waals surface area contributed by atoms with Crippen molar-refractivity contribution in [1.82, 2.24) is 0 Å². The van der Waals surface area contributed by atoms with Gasteiger partial charge in [-0.25, -0.2) is 0 Å². The minimum absolute atomic E-state index is 0.607. The molecular weight excluding hydrogens is 414 g/mol. The summed E-state index contributed by atoms with van der Waals surface area (Å²) in [7, 11) is 1.64. The topological polar surface area (TPSA) is 42.2 Å². The van der Waals surface area contributed by atoms with Crippen LogP contribution in [-0.2, 0) is 0 Å². The second kappa shape index (κ2) is 12.3. The van der Waals surface area contributed by atoms with Crippen molar-refractivity contribution in [2.75, 3.05) is 13.7 Å². The Labute approximate surface area is 177 Å². The molecule has 0 atom stereocenters. The molecule has 148 valence electrons. The van der Waals surface area contributed by atoms with E-state index in [2.05, 4.69) is 28.9 Å². The van der Waals surface area contributed by atoms with E-state index in [0.717, 1.165) is 27.8 Å². The predicted octanol–water partition coefficient (Wildman–Crippen LogP) is 7.26. The monoisotopic (exact) mass is 441 g/mol. The quantitative estimate of drug-likeness (QED) is 0.209. The second-order valence-electron chi connectivity index (χ2n) is 6.70. The molecule has 0 aliphatic heterocycles. The molecule has 4 heteroatoms. The Balaban J connectivity index is 2.01. The van der Waals surface area contributed by atoms with Gasteiger partial charge >= 0.3 is 0 Å². The van der Waals surface area contributed by atoms with Crippen LogP contribution in [0, 0.1) is 11.3 Å². The highest BCUT2D eigenvalue weighted by Crippen LogP contribution is 2.30. The molecule has 0 saturated heterocycles. The van der Waals surface area contributed by atoms with Gasteiger partial charge in [0.1, 0.15) is 0 Å². The summed E-state index contributed by atoms with van der Waals surface area (Å²) in [6.07, 6.45) is 9.27. The zero-order chi connectivity index (χ0) is 20.2. The van der Waals surface area contributed by atoms with E-state index in [1.54, 1.807) is 7.11 Å². The maximum atomic E-state index is 9.53. The average Bonchev–Trinajstić information content (AvgIpc) is 2.72. The van der Waals surface area contributed by atoms with Crippen molar-refractivity contribution in [1.29, 1.82) is 5.26 Å². The minimum atomic E-state index is 0.607. The van der Waals surface area contributed by atoms with Crippen LogP contribution in [0.4, 0.5) is 0 Å². The number of rotatable bonds is 11. The van der Waals surface area contributed by atoms with Crippen LogP contribution in [0.15, 0.2) is 46.9 Å². The Morgan fingerprint density at radius 2 is 1.71 bits per heavy atom. The normalized spacial score (nSPS) is 11.1. The molecule has 2 rings (SSSR count). The summed E-state index contributed by atoms with van der Waals surface area (Å²) >= 11 is 3.42. The zero-order valence-corrected chi connectivity index (χ0v) is 18.3. The van der Waals surface area contributed by atoms with E-state index in [1.807, 2.05) is 48.5 Å².